The molecule has 0 aromatic heterocycles. The molecule has 3 aromatic rings. The lowest BCUT2D eigenvalue weighted by atomic mass is 9.99. The predicted molar refractivity (Wildman–Crippen MR) is 165 cm³/mol. The van der Waals surface area contributed by atoms with E-state index >= 15 is 0 Å². The van der Waals surface area contributed by atoms with Gasteiger partial charge in [0.05, 0.1) is 25.3 Å². The van der Waals surface area contributed by atoms with Crippen molar-refractivity contribution in [3.05, 3.63) is 95.1 Å². The van der Waals surface area contributed by atoms with Gasteiger partial charge in [-0.05, 0) is 47.4 Å². The highest BCUT2D eigenvalue weighted by atomic mass is 16.5. The maximum Gasteiger partial charge on any atom is 0.332 e. The molecule has 0 spiro atoms. The van der Waals surface area contributed by atoms with E-state index in [1.54, 1.807) is 46.1 Å². The number of hydrazine groups is 1. The molecule has 2 aliphatic rings. The number of aromatic hydroxyl groups is 1. The summed E-state index contributed by atoms with van der Waals surface area (Å²) >= 11 is 0. The number of phenols is 1. The molecule has 2 atom stereocenters. The van der Waals surface area contributed by atoms with Crippen LogP contribution in [0.1, 0.15) is 35.6 Å². The third-order valence-electron chi connectivity index (χ3n) is 7.93. The van der Waals surface area contributed by atoms with Crippen LogP contribution in [-0.4, -0.2) is 81.7 Å². The van der Waals surface area contributed by atoms with Crippen LogP contribution in [0.3, 0.4) is 0 Å². The van der Waals surface area contributed by atoms with Crippen LogP contribution in [-0.2, 0) is 29.1 Å². The number of carbonyl (C=O) groups excluding carboxylic acids is 3. The smallest absolute Gasteiger partial charge is 0.332 e. The number of terminal acetylenes is 1. The molecule has 10 heteroatoms. The molecule has 2 aliphatic heterocycles. The number of nitrogens with one attached hydrogen (secondary N) is 1. The van der Waals surface area contributed by atoms with Crippen LogP contribution in [0, 0.1) is 12.3 Å². The highest BCUT2D eigenvalue weighted by Crippen LogP contribution is 2.31. The zero-order chi connectivity index (χ0) is 31.2. The Bertz CT molecular complexity index is 1540. The maximum atomic E-state index is 14.0. The number of phenolic OH excluding ortho intramolecular Hbond substituents is 1. The Hall–Kier alpha value is -5.01. The van der Waals surface area contributed by atoms with Crippen molar-refractivity contribution in [1.82, 2.24) is 25.1 Å². The number of piperazine rings is 1. The van der Waals surface area contributed by atoms with Crippen molar-refractivity contribution in [3.63, 3.8) is 0 Å². The first-order chi connectivity index (χ1) is 21.3. The standard InChI is InChI=1S/C34H37N5O5/c1-4-17-44-30-19-26(11-14-27(30)5-2)21-37-22-31-38(36(3)34(43)35-20-25-9-7-6-8-10-25)23-32(41)39(31)29(33(37)42)18-24-12-15-28(40)16-13-24/h2,6-16,19,29,31,40H,4,17-18,20-23H2,1,3H3,(H,35,43)/t29-,31+/m0/s1. The molecule has 5 rings (SSSR count). The fourth-order valence-electron chi connectivity index (χ4n) is 5.65. The number of carbonyl (C=O) groups is 3. The van der Waals surface area contributed by atoms with E-state index in [1.165, 1.54) is 5.01 Å². The van der Waals surface area contributed by atoms with Crippen LogP contribution in [0.5, 0.6) is 11.5 Å². The molecule has 0 bridgehead atoms. The van der Waals surface area contributed by atoms with Crippen LogP contribution in [0.4, 0.5) is 4.79 Å². The van der Waals surface area contributed by atoms with Crippen molar-refractivity contribution in [2.45, 2.75) is 45.1 Å². The average molecular weight is 596 g/mol. The Kier molecular flexibility index (Phi) is 9.36. The van der Waals surface area contributed by atoms with Crippen molar-refractivity contribution in [3.8, 4) is 23.8 Å². The lowest BCUT2D eigenvalue weighted by Gasteiger charge is -2.45. The number of hydrogen-bond donors (Lipinski definition) is 2. The first-order valence-corrected chi connectivity index (χ1v) is 14.7. The minimum Gasteiger partial charge on any atom is -0.508 e. The zero-order valence-electron chi connectivity index (χ0n) is 25.0. The van der Waals surface area contributed by atoms with Gasteiger partial charge in [0, 0.05) is 26.6 Å². The summed E-state index contributed by atoms with van der Waals surface area (Å²) in [6.07, 6.45) is 6.21. The van der Waals surface area contributed by atoms with Gasteiger partial charge in [0.25, 0.3) is 0 Å². The number of urea groups is 1. The molecular weight excluding hydrogens is 558 g/mol. The number of amides is 4. The summed E-state index contributed by atoms with van der Waals surface area (Å²) < 4.78 is 5.88. The van der Waals surface area contributed by atoms with Gasteiger partial charge in [0.15, 0.2) is 0 Å². The average Bonchev–Trinajstić information content (AvgIpc) is 3.37. The molecule has 10 nitrogen and oxygen atoms in total. The largest absolute Gasteiger partial charge is 0.508 e. The molecule has 0 aliphatic carbocycles. The molecule has 3 aromatic carbocycles. The number of rotatable bonds is 10. The Morgan fingerprint density at radius 3 is 2.50 bits per heavy atom. The highest BCUT2D eigenvalue weighted by Gasteiger charge is 2.51. The van der Waals surface area contributed by atoms with E-state index in [4.69, 9.17) is 11.2 Å². The molecule has 4 amide bonds. The number of benzene rings is 3. The van der Waals surface area contributed by atoms with E-state index in [2.05, 4.69) is 11.2 Å². The lowest BCUT2D eigenvalue weighted by Crippen LogP contribution is -2.65. The van der Waals surface area contributed by atoms with E-state index in [1.807, 2.05) is 55.5 Å². The van der Waals surface area contributed by atoms with Gasteiger partial charge in [-0.25, -0.2) is 4.79 Å². The van der Waals surface area contributed by atoms with Crippen LogP contribution in [0.25, 0.3) is 0 Å². The minimum absolute atomic E-state index is 0.0427. The molecule has 0 unspecified atom stereocenters. The lowest BCUT2D eigenvalue weighted by molar-refractivity contribution is -0.157. The Balaban J connectivity index is 1.41. The third kappa shape index (κ3) is 6.63. The van der Waals surface area contributed by atoms with Gasteiger partial charge in [0.2, 0.25) is 11.8 Å². The number of fused-ring (bicyclic) bond motifs is 1. The van der Waals surface area contributed by atoms with Crippen LogP contribution < -0.4 is 10.1 Å². The summed E-state index contributed by atoms with van der Waals surface area (Å²) in [7, 11) is 1.63. The molecule has 228 valence electrons. The van der Waals surface area contributed by atoms with Gasteiger partial charge in [-0.15, -0.1) is 6.42 Å². The van der Waals surface area contributed by atoms with Gasteiger partial charge < -0.3 is 25.0 Å². The molecule has 44 heavy (non-hydrogen) atoms. The van der Waals surface area contributed by atoms with Crippen molar-refractivity contribution in [1.29, 1.82) is 0 Å². The summed E-state index contributed by atoms with van der Waals surface area (Å²) in [5.74, 6) is 2.93. The monoisotopic (exact) mass is 595 g/mol. The van der Waals surface area contributed by atoms with Gasteiger partial charge >= 0.3 is 6.03 Å². The summed E-state index contributed by atoms with van der Waals surface area (Å²) in [5, 5.41) is 15.8. The van der Waals surface area contributed by atoms with E-state index in [0.29, 0.717) is 24.5 Å². The Morgan fingerprint density at radius 2 is 1.80 bits per heavy atom. The SMILES string of the molecule is C#Cc1ccc(CN2C[C@H]3N(C(=O)CN3N(C)C(=O)NCc3ccccc3)[C@@H](Cc3ccc(O)cc3)C2=O)cc1OCCC. The molecule has 2 N–H and O–H groups in total. The fraction of sp³-hybridized carbons (Fsp3) is 0.324. The second kappa shape index (κ2) is 13.5. The van der Waals surface area contributed by atoms with Crippen molar-refractivity contribution < 1.29 is 24.2 Å². The quantitative estimate of drug-likeness (QED) is 0.349. The van der Waals surface area contributed by atoms with Gasteiger partial charge in [0.1, 0.15) is 23.7 Å². The van der Waals surface area contributed by atoms with Crippen molar-refractivity contribution in [2.75, 3.05) is 26.7 Å². The fourth-order valence-corrected chi connectivity index (χ4v) is 5.65. The van der Waals surface area contributed by atoms with Gasteiger partial charge in [-0.2, -0.15) is 5.01 Å². The van der Waals surface area contributed by atoms with E-state index in [-0.39, 0.29) is 49.7 Å². The third-order valence-corrected chi connectivity index (χ3v) is 7.93. The second-order valence-electron chi connectivity index (χ2n) is 11.0. The normalized spacial score (nSPS) is 18.1. The van der Waals surface area contributed by atoms with E-state index < -0.39 is 12.2 Å². The minimum atomic E-state index is -0.794. The zero-order valence-corrected chi connectivity index (χ0v) is 25.0. The predicted octanol–water partition coefficient (Wildman–Crippen LogP) is 3.34. The number of ether oxygens (including phenoxy) is 1. The van der Waals surface area contributed by atoms with Gasteiger partial charge in [-0.1, -0.05) is 61.4 Å². The molecule has 2 fully saturated rings. The summed E-state index contributed by atoms with van der Waals surface area (Å²) in [6.45, 7) is 3.30. The molecule has 2 saturated heterocycles. The van der Waals surface area contributed by atoms with E-state index in [9.17, 15) is 19.5 Å². The second-order valence-corrected chi connectivity index (χ2v) is 11.0. The summed E-state index contributed by atoms with van der Waals surface area (Å²) in [5.41, 5.74) is 3.23. The summed E-state index contributed by atoms with van der Waals surface area (Å²) in [6, 6.07) is 20.6. The number of nitrogens with zero attached hydrogens (tertiary/aromatic N) is 4. The maximum absolute atomic E-state index is 14.0. The van der Waals surface area contributed by atoms with E-state index in [0.717, 1.165) is 23.1 Å². The highest BCUT2D eigenvalue weighted by molar-refractivity contribution is 5.91. The molecule has 2 heterocycles. The molecular formula is C34H37N5O5. The van der Waals surface area contributed by atoms with Crippen molar-refractivity contribution >= 4 is 17.8 Å². The Morgan fingerprint density at radius 1 is 1.07 bits per heavy atom. The summed E-state index contributed by atoms with van der Waals surface area (Å²) in [4.78, 5) is 44.1. The Labute approximate surface area is 257 Å². The van der Waals surface area contributed by atoms with Crippen LogP contribution in [0.15, 0.2) is 72.8 Å². The van der Waals surface area contributed by atoms with Crippen LogP contribution in [0.2, 0.25) is 0 Å². The molecule has 0 saturated carbocycles. The first kappa shape index (κ1) is 30.4. The molecule has 0 radical (unpaired) electrons. The first-order valence-electron chi connectivity index (χ1n) is 14.7. The van der Waals surface area contributed by atoms with Crippen molar-refractivity contribution in [2.24, 2.45) is 0 Å². The van der Waals surface area contributed by atoms with Crippen LogP contribution >= 0.6 is 0 Å². The van der Waals surface area contributed by atoms with Gasteiger partial charge in [-0.3, -0.25) is 14.6 Å². The number of hydrogen-bond acceptors (Lipinski definition) is 6. The topological polar surface area (TPSA) is 106 Å².